The average Bonchev–Trinajstić information content (AvgIpc) is 2.45. The van der Waals surface area contributed by atoms with Crippen molar-refractivity contribution in [2.75, 3.05) is 6.61 Å². The van der Waals surface area contributed by atoms with Gasteiger partial charge in [-0.2, -0.15) is 0 Å². The van der Waals surface area contributed by atoms with Gasteiger partial charge in [-0.05, 0) is 43.4 Å². The molecule has 22 heavy (non-hydrogen) atoms. The zero-order valence-corrected chi connectivity index (χ0v) is 13.9. The molecule has 120 valence electrons. The Balaban J connectivity index is 2.40. The number of carbonyl (C=O) groups is 2. The molecule has 0 aromatic heterocycles. The van der Waals surface area contributed by atoms with Crippen LogP contribution in [0.25, 0.3) is 0 Å². The van der Waals surface area contributed by atoms with E-state index in [1.807, 2.05) is 13.0 Å². The van der Waals surface area contributed by atoms with Gasteiger partial charge in [0.05, 0.1) is 11.6 Å². The van der Waals surface area contributed by atoms with Crippen LogP contribution in [0.4, 0.5) is 0 Å². The van der Waals surface area contributed by atoms with Crippen LogP contribution >= 0.6 is 11.6 Å². The highest BCUT2D eigenvalue weighted by atomic mass is 35.5. The Morgan fingerprint density at radius 2 is 1.91 bits per heavy atom. The first-order valence-electron chi connectivity index (χ1n) is 7.21. The Morgan fingerprint density at radius 1 is 1.23 bits per heavy atom. The predicted octanol–water partition coefficient (Wildman–Crippen LogP) is 4.09. The maximum atomic E-state index is 11.6. The number of rotatable bonds is 7. The van der Waals surface area contributed by atoms with Crippen LogP contribution in [0.3, 0.4) is 0 Å². The van der Waals surface area contributed by atoms with Gasteiger partial charge in [0.25, 0.3) is 0 Å². The first kappa shape index (κ1) is 18.2. The average molecular weight is 325 g/mol. The number of benzene rings is 1. The molecule has 0 radical (unpaired) electrons. The Labute approximate surface area is 136 Å². The van der Waals surface area contributed by atoms with E-state index in [4.69, 9.17) is 21.1 Å². The van der Waals surface area contributed by atoms with Crippen LogP contribution in [0.15, 0.2) is 30.4 Å². The number of esters is 2. The highest BCUT2D eigenvalue weighted by Crippen LogP contribution is 2.25. The summed E-state index contributed by atoms with van der Waals surface area (Å²) in [5.74, 6) is -0.396. The van der Waals surface area contributed by atoms with Crippen molar-refractivity contribution < 1.29 is 19.1 Å². The molecule has 0 fully saturated rings. The monoisotopic (exact) mass is 324 g/mol. The number of halogens is 1. The van der Waals surface area contributed by atoms with Crippen LogP contribution in [0.2, 0.25) is 5.02 Å². The Bertz CT molecular complexity index is 550. The molecule has 0 aliphatic heterocycles. The molecule has 0 heterocycles. The molecule has 1 rings (SSSR count). The van der Waals surface area contributed by atoms with Crippen LogP contribution in [0, 0.1) is 12.8 Å². The molecular weight excluding hydrogens is 304 g/mol. The van der Waals surface area contributed by atoms with Crippen LogP contribution in [0.1, 0.15) is 32.3 Å². The number of hydrogen-bond acceptors (Lipinski definition) is 4. The number of aryl methyl sites for hydroxylation is 1. The molecule has 0 spiro atoms. The molecule has 0 N–H and O–H groups in total. The molecule has 1 aromatic rings. The zero-order valence-electron chi connectivity index (χ0n) is 13.1. The molecule has 1 aromatic carbocycles. The normalized spacial score (nSPS) is 11.0. The van der Waals surface area contributed by atoms with Crippen molar-refractivity contribution in [3.63, 3.8) is 0 Å². The molecule has 5 heteroatoms. The SMILES string of the molecule is Cc1ccc(Cl)c(OC(=O)/C=C/C(=O)OCCCC(C)C)c1. The highest BCUT2D eigenvalue weighted by Gasteiger charge is 2.07. The van der Waals surface area contributed by atoms with Gasteiger partial charge in [0, 0.05) is 12.2 Å². The third kappa shape index (κ3) is 7.27. The molecular formula is C17H21ClO4. The molecule has 0 aliphatic carbocycles. The van der Waals surface area contributed by atoms with E-state index >= 15 is 0 Å². The second kappa shape index (κ2) is 9.26. The van der Waals surface area contributed by atoms with E-state index in [1.54, 1.807) is 12.1 Å². The van der Waals surface area contributed by atoms with E-state index < -0.39 is 11.9 Å². The smallest absolute Gasteiger partial charge is 0.336 e. The third-order valence-electron chi connectivity index (χ3n) is 2.82. The molecule has 0 amide bonds. The summed E-state index contributed by atoms with van der Waals surface area (Å²) >= 11 is 5.92. The molecule has 0 aliphatic rings. The van der Waals surface area contributed by atoms with E-state index in [-0.39, 0.29) is 5.75 Å². The van der Waals surface area contributed by atoms with Crippen molar-refractivity contribution in [1.29, 1.82) is 0 Å². The summed E-state index contributed by atoms with van der Waals surface area (Å²) in [4.78, 5) is 23.0. The second-order valence-corrected chi connectivity index (χ2v) is 5.80. The minimum atomic E-state index is -0.674. The first-order chi connectivity index (χ1) is 10.4. The number of carbonyl (C=O) groups excluding carboxylic acids is 2. The summed E-state index contributed by atoms with van der Waals surface area (Å²) < 4.78 is 10.0. The second-order valence-electron chi connectivity index (χ2n) is 5.39. The van der Waals surface area contributed by atoms with Gasteiger partial charge >= 0.3 is 11.9 Å². The topological polar surface area (TPSA) is 52.6 Å². The zero-order chi connectivity index (χ0) is 16.5. The standard InChI is InChI=1S/C17H21ClO4/c1-12(2)5-4-10-21-16(19)8-9-17(20)22-15-11-13(3)6-7-14(15)18/h6-9,11-12H,4-5,10H2,1-3H3/b9-8+. The quantitative estimate of drug-likeness (QED) is 0.328. The van der Waals surface area contributed by atoms with Gasteiger partial charge in [-0.15, -0.1) is 0 Å². The van der Waals surface area contributed by atoms with Crippen molar-refractivity contribution in [3.05, 3.63) is 40.9 Å². The van der Waals surface area contributed by atoms with Crippen molar-refractivity contribution in [2.24, 2.45) is 5.92 Å². The van der Waals surface area contributed by atoms with Crippen molar-refractivity contribution >= 4 is 23.5 Å². The lowest BCUT2D eigenvalue weighted by Crippen LogP contribution is -2.08. The van der Waals surface area contributed by atoms with Crippen molar-refractivity contribution in [1.82, 2.24) is 0 Å². The van der Waals surface area contributed by atoms with E-state index in [0.717, 1.165) is 30.6 Å². The van der Waals surface area contributed by atoms with Gasteiger partial charge in [-0.25, -0.2) is 9.59 Å². The lowest BCUT2D eigenvalue weighted by atomic mass is 10.1. The molecule has 0 saturated carbocycles. The summed E-state index contributed by atoms with van der Waals surface area (Å²) in [6.07, 6.45) is 3.89. The fourth-order valence-corrected chi connectivity index (χ4v) is 1.84. The molecule has 0 atom stereocenters. The van der Waals surface area contributed by atoms with Gasteiger partial charge in [-0.1, -0.05) is 31.5 Å². The van der Waals surface area contributed by atoms with Crippen molar-refractivity contribution in [3.8, 4) is 5.75 Å². The van der Waals surface area contributed by atoms with Gasteiger partial charge in [-0.3, -0.25) is 0 Å². The van der Waals surface area contributed by atoms with Gasteiger partial charge in [0.1, 0.15) is 5.75 Å². The Kier molecular flexibility index (Phi) is 7.67. The maximum absolute atomic E-state index is 11.6. The number of ether oxygens (including phenoxy) is 2. The van der Waals surface area contributed by atoms with Crippen LogP contribution in [-0.4, -0.2) is 18.5 Å². The Morgan fingerprint density at radius 3 is 2.59 bits per heavy atom. The van der Waals surface area contributed by atoms with Crippen molar-refractivity contribution in [2.45, 2.75) is 33.6 Å². The molecule has 0 unspecified atom stereocenters. The lowest BCUT2D eigenvalue weighted by molar-refractivity contribution is -0.138. The molecule has 4 nitrogen and oxygen atoms in total. The minimum Gasteiger partial charge on any atom is -0.463 e. The predicted molar refractivity (Wildman–Crippen MR) is 86.0 cm³/mol. The maximum Gasteiger partial charge on any atom is 0.336 e. The van der Waals surface area contributed by atoms with Crippen LogP contribution < -0.4 is 4.74 Å². The lowest BCUT2D eigenvalue weighted by Gasteiger charge is -2.05. The van der Waals surface area contributed by atoms with E-state index in [9.17, 15) is 9.59 Å². The first-order valence-corrected chi connectivity index (χ1v) is 7.59. The van der Waals surface area contributed by atoms with Gasteiger partial charge in [0.15, 0.2) is 0 Å². The summed E-state index contributed by atoms with van der Waals surface area (Å²) in [6, 6.07) is 5.11. The summed E-state index contributed by atoms with van der Waals surface area (Å²) in [6.45, 7) is 6.42. The Hall–Kier alpha value is -1.81. The van der Waals surface area contributed by atoms with Gasteiger partial charge in [0.2, 0.25) is 0 Å². The van der Waals surface area contributed by atoms with Crippen LogP contribution in [0.5, 0.6) is 5.75 Å². The van der Waals surface area contributed by atoms with Gasteiger partial charge < -0.3 is 9.47 Å². The summed E-state index contributed by atoms with van der Waals surface area (Å²) in [7, 11) is 0. The number of hydrogen-bond donors (Lipinski definition) is 0. The van der Waals surface area contributed by atoms with E-state index in [0.29, 0.717) is 17.5 Å². The molecule has 0 bridgehead atoms. The van der Waals surface area contributed by atoms with Crippen LogP contribution in [-0.2, 0) is 14.3 Å². The highest BCUT2D eigenvalue weighted by molar-refractivity contribution is 6.32. The van der Waals surface area contributed by atoms with E-state index in [2.05, 4.69) is 13.8 Å². The fraction of sp³-hybridized carbons (Fsp3) is 0.412. The molecule has 0 saturated heterocycles. The minimum absolute atomic E-state index is 0.265. The fourth-order valence-electron chi connectivity index (χ4n) is 1.68. The summed E-state index contributed by atoms with van der Waals surface area (Å²) in [5.41, 5.74) is 0.917. The van der Waals surface area contributed by atoms with E-state index in [1.165, 1.54) is 0 Å². The summed E-state index contributed by atoms with van der Waals surface area (Å²) in [5, 5.41) is 0.337. The third-order valence-corrected chi connectivity index (χ3v) is 3.14. The largest absolute Gasteiger partial charge is 0.463 e.